The molecule has 0 fully saturated rings. The van der Waals surface area contributed by atoms with Gasteiger partial charge in [0.1, 0.15) is 11.6 Å². The van der Waals surface area contributed by atoms with Crippen molar-refractivity contribution in [3.8, 4) is 6.07 Å². The number of carbonyl (C=O) groups is 2. The molecular weight excluding hydrogens is 244 g/mol. The van der Waals surface area contributed by atoms with Crippen LogP contribution in [0.1, 0.15) is 39.5 Å². The van der Waals surface area contributed by atoms with E-state index in [2.05, 4.69) is 6.92 Å². The summed E-state index contributed by atoms with van der Waals surface area (Å²) in [4.78, 5) is 24.9. The van der Waals surface area contributed by atoms with E-state index in [1.165, 1.54) is 0 Å². The molecule has 19 heavy (non-hydrogen) atoms. The van der Waals surface area contributed by atoms with Gasteiger partial charge in [0.05, 0.1) is 0 Å². The molecule has 0 radical (unpaired) electrons. The van der Waals surface area contributed by atoms with E-state index in [4.69, 9.17) is 10.00 Å². The summed E-state index contributed by atoms with van der Waals surface area (Å²) < 4.78 is 5.38. The Morgan fingerprint density at radius 2 is 2.00 bits per heavy atom. The maximum absolute atomic E-state index is 11.9. The summed E-state index contributed by atoms with van der Waals surface area (Å²) in [5, 5.41) is 8.91. The van der Waals surface area contributed by atoms with Crippen molar-refractivity contribution in [2.75, 3.05) is 19.8 Å². The van der Waals surface area contributed by atoms with Gasteiger partial charge in [-0.3, -0.25) is 14.5 Å². The molecule has 0 spiro atoms. The highest BCUT2D eigenvalue weighted by atomic mass is 16.5. The lowest BCUT2D eigenvalue weighted by atomic mass is 10.0. The smallest absolute Gasteiger partial charge is 0.271 e. The maximum Gasteiger partial charge on any atom is 0.271 e. The van der Waals surface area contributed by atoms with Crippen molar-refractivity contribution in [2.45, 2.75) is 39.5 Å². The van der Waals surface area contributed by atoms with Crippen molar-refractivity contribution in [1.82, 2.24) is 4.90 Å². The second-order valence-electron chi connectivity index (χ2n) is 4.61. The molecule has 0 aliphatic carbocycles. The van der Waals surface area contributed by atoms with Gasteiger partial charge < -0.3 is 4.74 Å². The van der Waals surface area contributed by atoms with Crippen molar-refractivity contribution in [3.05, 3.63) is 11.1 Å². The Morgan fingerprint density at radius 3 is 2.63 bits per heavy atom. The molecule has 5 heteroatoms. The molecule has 0 aromatic heterocycles. The number of imide groups is 1. The molecule has 0 unspecified atom stereocenters. The normalized spacial score (nSPS) is 15.9. The molecule has 1 heterocycles. The molecule has 1 aliphatic heterocycles. The van der Waals surface area contributed by atoms with Crippen molar-refractivity contribution < 1.29 is 14.3 Å². The molecule has 0 N–H and O–H groups in total. The summed E-state index contributed by atoms with van der Waals surface area (Å²) >= 11 is 0. The Bertz CT molecular complexity index is 421. The molecule has 0 aromatic carbocycles. The third-order valence-corrected chi connectivity index (χ3v) is 3.03. The van der Waals surface area contributed by atoms with Crippen molar-refractivity contribution in [3.63, 3.8) is 0 Å². The molecule has 104 valence electrons. The van der Waals surface area contributed by atoms with Crippen LogP contribution < -0.4 is 0 Å². The Balaban J connectivity index is 2.44. The number of carbonyl (C=O) groups excluding carboxylic acids is 2. The van der Waals surface area contributed by atoms with Gasteiger partial charge in [-0.1, -0.05) is 13.3 Å². The second-order valence-corrected chi connectivity index (χ2v) is 4.61. The third kappa shape index (κ3) is 4.18. The van der Waals surface area contributed by atoms with Crippen LogP contribution in [0.25, 0.3) is 0 Å². The van der Waals surface area contributed by atoms with Gasteiger partial charge in [0, 0.05) is 26.2 Å². The van der Waals surface area contributed by atoms with E-state index >= 15 is 0 Å². The van der Waals surface area contributed by atoms with Crippen LogP contribution in [0.2, 0.25) is 0 Å². The number of amides is 2. The Labute approximate surface area is 113 Å². The van der Waals surface area contributed by atoms with Gasteiger partial charge in [-0.15, -0.1) is 0 Å². The first-order valence-electron chi connectivity index (χ1n) is 6.64. The Hall–Kier alpha value is -1.67. The van der Waals surface area contributed by atoms with Gasteiger partial charge in [0.2, 0.25) is 5.91 Å². The van der Waals surface area contributed by atoms with E-state index in [1.54, 1.807) is 6.92 Å². The number of rotatable bonds is 7. The zero-order chi connectivity index (χ0) is 14.3. The molecule has 1 rings (SSSR count). The van der Waals surface area contributed by atoms with E-state index in [0.717, 1.165) is 17.7 Å². The lowest BCUT2D eigenvalue weighted by Gasteiger charge is -2.25. The van der Waals surface area contributed by atoms with Gasteiger partial charge in [-0.2, -0.15) is 5.26 Å². The average Bonchev–Trinajstić information content (AvgIpc) is 2.37. The van der Waals surface area contributed by atoms with Crippen LogP contribution in [0.5, 0.6) is 0 Å². The number of nitrogens with zero attached hydrogens (tertiary/aromatic N) is 2. The van der Waals surface area contributed by atoms with Crippen LogP contribution in [-0.2, 0) is 14.3 Å². The number of hydrogen-bond acceptors (Lipinski definition) is 4. The van der Waals surface area contributed by atoms with Crippen LogP contribution in [0.15, 0.2) is 11.1 Å². The summed E-state index contributed by atoms with van der Waals surface area (Å²) in [6.45, 7) is 5.30. The monoisotopic (exact) mass is 264 g/mol. The molecule has 5 nitrogen and oxygen atoms in total. The maximum atomic E-state index is 11.9. The van der Waals surface area contributed by atoms with Gasteiger partial charge in [-0.25, -0.2) is 0 Å². The molecule has 0 aromatic rings. The van der Waals surface area contributed by atoms with Crippen LogP contribution in [-0.4, -0.2) is 36.5 Å². The van der Waals surface area contributed by atoms with Crippen molar-refractivity contribution >= 4 is 11.8 Å². The highest BCUT2D eigenvalue weighted by molar-refractivity contribution is 6.10. The summed E-state index contributed by atoms with van der Waals surface area (Å²) in [5.74, 6) is -0.695. The first kappa shape index (κ1) is 15.4. The van der Waals surface area contributed by atoms with E-state index in [0.29, 0.717) is 31.8 Å². The first-order valence-corrected chi connectivity index (χ1v) is 6.64. The quantitative estimate of drug-likeness (QED) is 0.519. The number of unbranched alkanes of at least 4 members (excludes halogenated alkanes) is 1. The van der Waals surface area contributed by atoms with E-state index < -0.39 is 5.91 Å². The Kier molecular flexibility index (Phi) is 6.23. The summed E-state index contributed by atoms with van der Waals surface area (Å²) in [6.07, 6.45) is 2.87. The van der Waals surface area contributed by atoms with E-state index in [-0.39, 0.29) is 17.9 Å². The topological polar surface area (TPSA) is 70.4 Å². The number of hydrogen-bond donors (Lipinski definition) is 0. The largest absolute Gasteiger partial charge is 0.381 e. The van der Waals surface area contributed by atoms with Crippen LogP contribution >= 0.6 is 0 Å². The highest BCUT2D eigenvalue weighted by Gasteiger charge is 2.30. The lowest BCUT2D eigenvalue weighted by molar-refractivity contribution is -0.143. The second kappa shape index (κ2) is 7.70. The van der Waals surface area contributed by atoms with Gasteiger partial charge in [0.25, 0.3) is 5.91 Å². The lowest BCUT2D eigenvalue weighted by Crippen LogP contribution is -2.42. The molecule has 1 aliphatic rings. The van der Waals surface area contributed by atoms with E-state index in [9.17, 15) is 9.59 Å². The molecule has 0 saturated carbocycles. The minimum Gasteiger partial charge on any atom is -0.381 e. The molecule has 2 amide bonds. The van der Waals surface area contributed by atoms with Crippen LogP contribution in [0, 0.1) is 11.3 Å². The zero-order valence-electron chi connectivity index (χ0n) is 11.6. The molecule has 0 saturated heterocycles. The Morgan fingerprint density at radius 1 is 1.32 bits per heavy atom. The molecule has 0 atom stereocenters. The summed E-state index contributed by atoms with van der Waals surface area (Å²) in [5.41, 5.74) is 0.666. The van der Waals surface area contributed by atoms with Gasteiger partial charge in [-0.05, 0) is 25.3 Å². The third-order valence-electron chi connectivity index (χ3n) is 3.03. The van der Waals surface area contributed by atoms with Gasteiger partial charge in [0.15, 0.2) is 0 Å². The number of nitriles is 1. The minimum absolute atomic E-state index is 0.103. The minimum atomic E-state index is -0.468. The molecule has 0 bridgehead atoms. The summed E-state index contributed by atoms with van der Waals surface area (Å²) in [7, 11) is 0. The average molecular weight is 264 g/mol. The zero-order valence-corrected chi connectivity index (χ0v) is 11.6. The van der Waals surface area contributed by atoms with Crippen molar-refractivity contribution in [2.24, 2.45) is 0 Å². The number of ether oxygens (including phenoxy) is 1. The predicted molar refractivity (Wildman–Crippen MR) is 70.0 cm³/mol. The fourth-order valence-electron chi connectivity index (χ4n) is 1.88. The van der Waals surface area contributed by atoms with Crippen LogP contribution in [0.3, 0.4) is 0 Å². The van der Waals surface area contributed by atoms with E-state index in [1.807, 2.05) is 6.07 Å². The first-order chi connectivity index (χ1) is 9.11. The fraction of sp³-hybridized carbons (Fsp3) is 0.643. The van der Waals surface area contributed by atoms with Crippen LogP contribution in [0.4, 0.5) is 0 Å². The SMILES string of the molecule is CCCCOCCCN1C(=O)CC(C)=C(C#N)C1=O. The predicted octanol–water partition coefficient (Wildman–Crippen LogP) is 1.79. The summed E-state index contributed by atoms with van der Waals surface area (Å²) in [6, 6.07) is 1.88. The highest BCUT2D eigenvalue weighted by Crippen LogP contribution is 2.19. The standard InChI is InChI=1S/C14H20N2O3/c1-3-4-7-19-8-5-6-16-13(17)9-11(2)12(10-15)14(16)18/h3-9H2,1-2H3. The molecular formula is C14H20N2O3. The van der Waals surface area contributed by atoms with Gasteiger partial charge >= 0.3 is 0 Å². The van der Waals surface area contributed by atoms with Crippen molar-refractivity contribution in [1.29, 1.82) is 5.26 Å². The fourth-order valence-corrected chi connectivity index (χ4v) is 1.88.